The van der Waals surface area contributed by atoms with Crippen molar-refractivity contribution in [3.63, 3.8) is 0 Å². The number of aliphatic hydroxyl groups excluding tert-OH is 1. The van der Waals surface area contributed by atoms with Crippen LogP contribution in [0, 0.1) is 0 Å². The summed E-state index contributed by atoms with van der Waals surface area (Å²) in [6.45, 7) is 2.24. The summed E-state index contributed by atoms with van der Waals surface area (Å²) in [6, 6.07) is 0.273. The van der Waals surface area contributed by atoms with Crippen LogP contribution in [-0.2, 0) is 0 Å². The van der Waals surface area contributed by atoms with E-state index < -0.39 is 0 Å². The minimum atomic E-state index is 0.251. The Hall–Kier alpha value is -0.190. The number of aliphatic hydroxyl groups is 1. The normalized spacial score (nSPS) is 24.5. The van der Waals surface area contributed by atoms with Crippen LogP contribution in [0.15, 0.2) is 0 Å². The highest BCUT2D eigenvalue weighted by Crippen LogP contribution is 2.17. The first-order valence-electron chi connectivity index (χ1n) is 4.90. The molecule has 1 aliphatic heterocycles. The third-order valence-corrected chi connectivity index (χ3v) is 2.82. The summed E-state index contributed by atoms with van der Waals surface area (Å²) in [4.78, 5) is 2.90. The molecule has 13 heavy (non-hydrogen) atoms. The van der Waals surface area contributed by atoms with Crippen molar-refractivity contribution in [3.05, 3.63) is 0 Å². The third kappa shape index (κ3) is 3.21. The second-order valence-corrected chi connectivity index (χ2v) is 4.00. The molecule has 1 aliphatic rings. The van der Waals surface area contributed by atoms with Crippen molar-refractivity contribution in [1.29, 1.82) is 0 Å². The molecule has 0 aromatic heterocycles. The number of hydrogen-bond acceptors (Lipinski definition) is 3. The van der Waals surface area contributed by atoms with E-state index in [0.29, 0.717) is 4.99 Å². The molecule has 1 fully saturated rings. The molecule has 0 spiro atoms. The predicted octanol–water partition coefficient (Wildman–Crippen LogP) is 0.509. The first kappa shape index (κ1) is 10.9. The van der Waals surface area contributed by atoms with E-state index in [9.17, 15) is 0 Å². The zero-order valence-corrected chi connectivity index (χ0v) is 8.72. The maximum Gasteiger partial charge on any atom is 0.0902 e. The molecule has 1 atom stereocenters. The van der Waals surface area contributed by atoms with Crippen LogP contribution >= 0.6 is 12.2 Å². The summed E-state index contributed by atoms with van der Waals surface area (Å²) in [5.41, 5.74) is 5.66. The fourth-order valence-electron chi connectivity index (χ4n) is 1.85. The summed E-state index contributed by atoms with van der Waals surface area (Å²) in [5.74, 6) is 0. The number of nitrogens with zero attached hydrogens (tertiary/aromatic N) is 1. The lowest BCUT2D eigenvalue weighted by atomic mass is 10.0. The van der Waals surface area contributed by atoms with E-state index in [1.807, 2.05) is 0 Å². The molecule has 0 saturated carbocycles. The highest BCUT2D eigenvalue weighted by Gasteiger charge is 2.23. The van der Waals surface area contributed by atoms with Gasteiger partial charge in [-0.3, -0.25) is 4.90 Å². The monoisotopic (exact) mass is 202 g/mol. The van der Waals surface area contributed by atoms with Gasteiger partial charge in [-0.05, 0) is 25.8 Å². The summed E-state index contributed by atoms with van der Waals surface area (Å²) < 4.78 is 0. The zero-order chi connectivity index (χ0) is 9.68. The van der Waals surface area contributed by atoms with E-state index in [2.05, 4.69) is 4.90 Å². The number of likely N-dealkylation sites (tertiary alicyclic amines) is 1. The Morgan fingerprint density at radius 1 is 1.54 bits per heavy atom. The SMILES string of the molecule is NC(=S)C1CCCCN1CCCO. The van der Waals surface area contributed by atoms with Crippen LogP contribution in [0.25, 0.3) is 0 Å². The lowest BCUT2D eigenvalue weighted by molar-refractivity contribution is 0.172. The first-order chi connectivity index (χ1) is 6.25. The number of rotatable bonds is 4. The summed E-state index contributed by atoms with van der Waals surface area (Å²) >= 11 is 5.02. The zero-order valence-electron chi connectivity index (χ0n) is 7.91. The van der Waals surface area contributed by atoms with Gasteiger partial charge in [0.15, 0.2) is 0 Å². The third-order valence-electron chi connectivity index (χ3n) is 2.55. The molecule has 0 radical (unpaired) electrons. The van der Waals surface area contributed by atoms with Gasteiger partial charge in [-0.1, -0.05) is 18.6 Å². The van der Waals surface area contributed by atoms with Gasteiger partial charge in [0.2, 0.25) is 0 Å². The van der Waals surface area contributed by atoms with Gasteiger partial charge in [-0.15, -0.1) is 0 Å². The average Bonchev–Trinajstić information content (AvgIpc) is 2.15. The minimum absolute atomic E-state index is 0.251. The molecule has 0 aliphatic carbocycles. The van der Waals surface area contributed by atoms with Crippen molar-refractivity contribution in [2.45, 2.75) is 31.7 Å². The van der Waals surface area contributed by atoms with Crippen LogP contribution in [0.1, 0.15) is 25.7 Å². The van der Waals surface area contributed by atoms with E-state index in [4.69, 9.17) is 23.1 Å². The molecule has 0 aromatic rings. The van der Waals surface area contributed by atoms with E-state index in [-0.39, 0.29) is 12.6 Å². The molecular formula is C9H18N2OS. The summed E-state index contributed by atoms with van der Waals surface area (Å²) in [7, 11) is 0. The topological polar surface area (TPSA) is 49.5 Å². The van der Waals surface area contributed by atoms with Crippen LogP contribution in [-0.4, -0.2) is 40.7 Å². The smallest absolute Gasteiger partial charge is 0.0902 e. The molecule has 3 N–H and O–H groups in total. The molecule has 0 aromatic carbocycles. The van der Waals surface area contributed by atoms with Gasteiger partial charge < -0.3 is 10.8 Å². The van der Waals surface area contributed by atoms with Gasteiger partial charge in [0.25, 0.3) is 0 Å². The van der Waals surface area contributed by atoms with E-state index >= 15 is 0 Å². The quantitative estimate of drug-likeness (QED) is 0.652. The standard InChI is InChI=1S/C9H18N2OS/c10-9(13)8-4-1-2-5-11(8)6-3-7-12/h8,12H,1-7H2,(H2,10,13). The highest BCUT2D eigenvalue weighted by atomic mass is 32.1. The number of thiocarbonyl (C=S) groups is 1. The molecule has 0 bridgehead atoms. The van der Waals surface area contributed by atoms with Crippen LogP contribution < -0.4 is 5.73 Å². The Morgan fingerprint density at radius 3 is 2.92 bits per heavy atom. The Labute approximate surface area is 84.9 Å². The second kappa shape index (κ2) is 5.52. The predicted molar refractivity (Wildman–Crippen MR) is 57.7 cm³/mol. The van der Waals surface area contributed by atoms with Gasteiger partial charge >= 0.3 is 0 Å². The lowest BCUT2D eigenvalue weighted by Crippen LogP contribution is -2.47. The van der Waals surface area contributed by atoms with Gasteiger partial charge in [0, 0.05) is 13.2 Å². The summed E-state index contributed by atoms with van der Waals surface area (Å²) in [6.07, 6.45) is 4.35. The fraction of sp³-hybridized carbons (Fsp3) is 0.889. The molecule has 1 heterocycles. The van der Waals surface area contributed by atoms with Crippen molar-refractivity contribution in [1.82, 2.24) is 4.90 Å². The second-order valence-electron chi connectivity index (χ2n) is 3.53. The molecular weight excluding hydrogens is 184 g/mol. The largest absolute Gasteiger partial charge is 0.396 e. The van der Waals surface area contributed by atoms with Gasteiger partial charge in [0.05, 0.1) is 11.0 Å². The summed E-state index contributed by atoms with van der Waals surface area (Å²) in [5, 5.41) is 8.73. The van der Waals surface area contributed by atoms with E-state index in [1.54, 1.807) is 0 Å². The van der Waals surface area contributed by atoms with Crippen molar-refractivity contribution in [2.75, 3.05) is 19.7 Å². The Morgan fingerprint density at radius 2 is 2.31 bits per heavy atom. The molecule has 76 valence electrons. The molecule has 1 saturated heterocycles. The first-order valence-corrected chi connectivity index (χ1v) is 5.30. The van der Waals surface area contributed by atoms with Crippen molar-refractivity contribution in [2.24, 2.45) is 5.73 Å². The van der Waals surface area contributed by atoms with Crippen LogP contribution in [0.2, 0.25) is 0 Å². The maximum absolute atomic E-state index is 8.73. The number of nitrogens with two attached hydrogens (primary N) is 1. The Bertz CT molecular complexity index is 175. The Kier molecular flexibility index (Phi) is 4.62. The number of hydrogen-bond donors (Lipinski definition) is 2. The van der Waals surface area contributed by atoms with Crippen molar-refractivity contribution in [3.8, 4) is 0 Å². The highest BCUT2D eigenvalue weighted by molar-refractivity contribution is 7.80. The Balaban J connectivity index is 2.41. The van der Waals surface area contributed by atoms with E-state index in [1.165, 1.54) is 12.8 Å². The molecule has 1 unspecified atom stereocenters. The average molecular weight is 202 g/mol. The van der Waals surface area contributed by atoms with Gasteiger partial charge in [-0.2, -0.15) is 0 Å². The van der Waals surface area contributed by atoms with Gasteiger partial charge in [0.1, 0.15) is 0 Å². The van der Waals surface area contributed by atoms with Gasteiger partial charge in [-0.25, -0.2) is 0 Å². The minimum Gasteiger partial charge on any atom is -0.396 e. The van der Waals surface area contributed by atoms with E-state index in [0.717, 1.165) is 25.9 Å². The van der Waals surface area contributed by atoms with Crippen LogP contribution in [0.3, 0.4) is 0 Å². The lowest BCUT2D eigenvalue weighted by Gasteiger charge is -2.34. The molecule has 3 nitrogen and oxygen atoms in total. The molecule has 1 rings (SSSR count). The van der Waals surface area contributed by atoms with Crippen LogP contribution in [0.5, 0.6) is 0 Å². The maximum atomic E-state index is 8.73. The molecule has 0 amide bonds. The van der Waals surface area contributed by atoms with Crippen molar-refractivity contribution >= 4 is 17.2 Å². The fourth-order valence-corrected chi connectivity index (χ4v) is 2.12. The van der Waals surface area contributed by atoms with Crippen LogP contribution in [0.4, 0.5) is 0 Å². The number of piperidine rings is 1. The molecule has 4 heteroatoms. The van der Waals surface area contributed by atoms with Crippen molar-refractivity contribution < 1.29 is 5.11 Å².